The van der Waals surface area contributed by atoms with Gasteiger partial charge in [-0.2, -0.15) is 0 Å². The summed E-state index contributed by atoms with van der Waals surface area (Å²) < 4.78 is 0. The van der Waals surface area contributed by atoms with Crippen molar-refractivity contribution in [2.75, 3.05) is 15.5 Å². The van der Waals surface area contributed by atoms with Gasteiger partial charge in [0.2, 0.25) is 0 Å². The van der Waals surface area contributed by atoms with Crippen LogP contribution in [0.3, 0.4) is 0 Å². The third kappa shape index (κ3) is 3.21. The van der Waals surface area contributed by atoms with E-state index in [1.165, 1.54) is 9.80 Å². The van der Waals surface area contributed by atoms with Gasteiger partial charge in [0.05, 0.1) is 5.69 Å². The van der Waals surface area contributed by atoms with Crippen molar-refractivity contribution in [1.29, 1.82) is 0 Å². The average Bonchev–Trinajstić information content (AvgIpc) is 2.90. The van der Waals surface area contributed by atoms with Gasteiger partial charge in [-0.1, -0.05) is 50.2 Å². The van der Waals surface area contributed by atoms with Crippen LogP contribution in [-0.4, -0.2) is 22.0 Å². The summed E-state index contributed by atoms with van der Waals surface area (Å²) in [6.45, 7) is 4.05. The van der Waals surface area contributed by atoms with Gasteiger partial charge in [0, 0.05) is 44.4 Å². The van der Waals surface area contributed by atoms with Crippen LogP contribution in [0.1, 0.15) is 69.3 Å². The lowest BCUT2D eigenvalue weighted by molar-refractivity contribution is 0.0859. The Morgan fingerprint density at radius 3 is 1.78 bits per heavy atom. The number of aliphatic hydroxyl groups is 2. The fourth-order valence-electron chi connectivity index (χ4n) is 5.78. The second kappa shape index (κ2) is 8.44. The van der Waals surface area contributed by atoms with E-state index in [0.29, 0.717) is 57.2 Å². The highest BCUT2D eigenvalue weighted by molar-refractivity contribution is 6.24. The van der Waals surface area contributed by atoms with Crippen molar-refractivity contribution in [3.8, 4) is 0 Å². The molecule has 4 N–H and O–H groups in total. The van der Waals surface area contributed by atoms with Crippen molar-refractivity contribution < 1.29 is 19.8 Å². The fourth-order valence-corrected chi connectivity index (χ4v) is 5.78. The van der Waals surface area contributed by atoms with E-state index in [1.54, 1.807) is 48.5 Å². The van der Waals surface area contributed by atoms with Gasteiger partial charge in [-0.3, -0.25) is 19.4 Å². The van der Waals surface area contributed by atoms with E-state index in [-0.39, 0.29) is 5.91 Å². The van der Waals surface area contributed by atoms with Crippen molar-refractivity contribution in [3.05, 3.63) is 100 Å². The maximum absolute atomic E-state index is 14.0. The van der Waals surface area contributed by atoms with E-state index in [0.717, 1.165) is 16.8 Å². The summed E-state index contributed by atoms with van der Waals surface area (Å²) >= 11 is 0. The Labute approximate surface area is 214 Å². The standard InChI is InChI=1S/C30H27N3O4/c1-3-16-7-5-8-17(4-2)26(16)33-29(36)22-13-11-20-24-21(12-14-23(25(22)24)30(33)37)28(35)32(27(20)34)19-10-6-9-18(31)15-19/h5-15,27,30,34,37H,3-4,31H2,1-2H3. The van der Waals surface area contributed by atoms with E-state index in [4.69, 9.17) is 5.73 Å². The third-order valence-corrected chi connectivity index (χ3v) is 7.52. The number of nitrogen functional groups attached to an aromatic ring is 1. The van der Waals surface area contributed by atoms with Crippen LogP contribution in [-0.2, 0) is 12.8 Å². The van der Waals surface area contributed by atoms with Gasteiger partial charge < -0.3 is 15.9 Å². The van der Waals surface area contributed by atoms with Gasteiger partial charge in [0.25, 0.3) is 11.8 Å². The minimum absolute atomic E-state index is 0.334. The van der Waals surface area contributed by atoms with Crippen LogP contribution in [0.25, 0.3) is 10.8 Å². The molecule has 2 aliphatic heterocycles. The number of rotatable bonds is 4. The molecule has 0 bridgehead atoms. The summed E-state index contributed by atoms with van der Waals surface area (Å²) in [4.78, 5) is 30.4. The first kappa shape index (κ1) is 23.2. The number of hydrogen-bond donors (Lipinski definition) is 3. The molecule has 0 spiro atoms. The van der Waals surface area contributed by atoms with Gasteiger partial charge in [0.1, 0.15) is 0 Å². The first-order chi connectivity index (χ1) is 17.9. The SMILES string of the molecule is CCc1cccc(CC)c1N1C(=O)c2ccc3c4c(ccc(c24)C1O)C(=O)N(c1cccc(N)c1)C3O. The average molecular weight is 494 g/mol. The molecule has 2 unspecified atom stereocenters. The first-order valence-corrected chi connectivity index (χ1v) is 12.5. The van der Waals surface area contributed by atoms with Crippen LogP contribution in [0.15, 0.2) is 66.7 Å². The smallest absolute Gasteiger partial charge is 0.261 e. The number of nitrogens with two attached hydrogens (primary N) is 1. The van der Waals surface area contributed by atoms with Crippen molar-refractivity contribution in [3.63, 3.8) is 0 Å². The Kier molecular flexibility index (Phi) is 5.29. The predicted octanol–water partition coefficient (Wildman–Crippen LogP) is 4.85. The lowest BCUT2D eigenvalue weighted by atomic mass is 9.84. The number of aliphatic hydroxyl groups excluding tert-OH is 2. The molecule has 0 radical (unpaired) electrons. The Bertz CT molecular complexity index is 1590. The second-order valence-electron chi connectivity index (χ2n) is 9.48. The lowest BCUT2D eigenvalue weighted by Crippen LogP contribution is -2.42. The lowest BCUT2D eigenvalue weighted by Gasteiger charge is -2.39. The van der Waals surface area contributed by atoms with E-state index in [9.17, 15) is 19.8 Å². The molecule has 0 aromatic heterocycles. The number of carbonyl (C=O) groups excluding carboxylic acids is 2. The van der Waals surface area contributed by atoms with Crippen molar-refractivity contribution in [2.24, 2.45) is 0 Å². The van der Waals surface area contributed by atoms with Crippen LogP contribution in [0, 0.1) is 0 Å². The topological polar surface area (TPSA) is 107 Å². The van der Waals surface area contributed by atoms with Gasteiger partial charge in [-0.05, 0) is 54.3 Å². The highest BCUT2D eigenvalue weighted by Gasteiger charge is 2.41. The molecule has 7 nitrogen and oxygen atoms in total. The number of benzene rings is 4. The fraction of sp³-hybridized carbons (Fsp3) is 0.200. The summed E-state index contributed by atoms with van der Waals surface area (Å²) in [5.41, 5.74) is 11.3. The van der Waals surface area contributed by atoms with Gasteiger partial charge in [0.15, 0.2) is 12.5 Å². The number of carbonyl (C=O) groups is 2. The Hall–Kier alpha value is -4.20. The van der Waals surface area contributed by atoms with Crippen LogP contribution in [0.2, 0.25) is 0 Å². The molecule has 7 heteroatoms. The largest absolute Gasteiger partial charge is 0.399 e. The Balaban J connectivity index is 1.56. The molecule has 0 aliphatic carbocycles. The number of hydrogen-bond acceptors (Lipinski definition) is 5. The molecule has 4 aromatic carbocycles. The van der Waals surface area contributed by atoms with Crippen LogP contribution >= 0.6 is 0 Å². The number of anilines is 3. The Morgan fingerprint density at radius 2 is 1.24 bits per heavy atom. The molecule has 2 amide bonds. The van der Waals surface area contributed by atoms with Crippen molar-refractivity contribution >= 4 is 39.6 Å². The molecule has 2 heterocycles. The van der Waals surface area contributed by atoms with Crippen molar-refractivity contribution in [1.82, 2.24) is 0 Å². The normalized spacial score (nSPS) is 18.6. The van der Waals surface area contributed by atoms with E-state index in [2.05, 4.69) is 0 Å². The molecule has 37 heavy (non-hydrogen) atoms. The number of aryl methyl sites for hydroxylation is 2. The summed E-state index contributed by atoms with van der Waals surface area (Å²) in [7, 11) is 0. The molecule has 0 fully saturated rings. The first-order valence-electron chi connectivity index (χ1n) is 12.5. The van der Waals surface area contributed by atoms with Gasteiger partial charge in [-0.25, -0.2) is 0 Å². The molecule has 4 aromatic rings. The van der Waals surface area contributed by atoms with E-state index in [1.807, 2.05) is 32.0 Å². The van der Waals surface area contributed by atoms with Crippen molar-refractivity contribution in [2.45, 2.75) is 39.1 Å². The molecular weight excluding hydrogens is 466 g/mol. The van der Waals surface area contributed by atoms with E-state index < -0.39 is 18.4 Å². The molecule has 186 valence electrons. The minimum atomic E-state index is -1.27. The van der Waals surface area contributed by atoms with Crippen LogP contribution in [0.5, 0.6) is 0 Å². The minimum Gasteiger partial charge on any atom is -0.399 e. The molecule has 2 atom stereocenters. The molecule has 2 aliphatic rings. The van der Waals surface area contributed by atoms with Gasteiger partial charge in [-0.15, -0.1) is 0 Å². The summed E-state index contributed by atoms with van der Waals surface area (Å²) in [5.74, 6) is -0.734. The molecule has 0 saturated heterocycles. The summed E-state index contributed by atoms with van der Waals surface area (Å²) in [6.07, 6.45) is -1.09. The third-order valence-electron chi connectivity index (χ3n) is 7.52. The van der Waals surface area contributed by atoms with Crippen LogP contribution in [0.4, 0.5) is 17.1 Å². The quantitative estimate of drug-likeness (QED) is 0.352. The molecule has 6 rings (SSSR count). The Morgan fingerprint density at radius 1 is 0.730 bits per heavy atom. The molecular formula is C30H27N3O4. The number of nitrogens with zero attached hydrogens (tertiary/aromatic N) is 2. The van der Waals surface area contributed by atoms with E-state index >= 15 is 0 Å². The predicted molar refractivity (Wildman–Crippen MR) is 144 cm³/mol. The zero-order valence-electron chi connectivity index (χ0n) is 20.6. The van der Waals surface area contributed by atoms with Gasteiger partial charge >= 0.3 is 0 Å². The second-order valence-corrected chi connectivity index (χ2v) is 9.48. The number of amides is 2. The summed E-state index contributed by atoms with van der Waals surface area (Å²) in [5, 5.41) is 23.9. The summed E-state index contributed by atoms with van der Waals surface area (Å²) in [6, 6.07) is 19.5. The number of para-hydroxylation sites is 1. The maximum atomic E-state index is 14.0. The zero-order chi connectivity index (χ0) is 26.0. The molecule has 0 saturated carbocycles. The zero-order valence-corrected chi connectivity index (χ0v) is 20.6. The highest BCUT2D eigenvalue weighted by Crippen LogP contribution is 2.46. The maximum Gasteiger partial charge on any atom is 0.261 e. The highest BCUT2D eigenvalue weighted by atomic mass is 16.3. The monoisotopic (exact) mass is 493 g/mol. The van der Waals surface area contributed by atoms with Crippen LogP contribution < -0.4 is 15.5 Å².